The van der Waals surface area contributed by atoms with Gasteiger partial charge in [0.05, 0.1) is 11.4 Å². The number of anilines is 2. The normalized spacial score (nSPS) is 17.9. The molecule has 4 nitrogen and oxygen atoms in total. The highest BCUT2D eigenvalue weighted by atomic mass is 15.4. The molecule has 0 saturated heterocycles. The Morgan fingerprint density at radius 3 is 2.38 bits per heavy atom. The smallest absolute Gasteiger partial charge is 0.148 e. The molecule has 0 bridgehead atoms. The number of nitrogens with zero attached hydrogens (tertiary/aromatic N) is 2. The fraction of sp³-hybridized carbons (Fsp3) is 0.824. The van der Waals surface area contributed by atoms with E-state index in [1.807, 2.05) is 11.6 Å². The minimum Gasteiger partial charge on any atom is -0.394 e. The summed E-state index contributed by atoms with van der Waals surface area (Å²) < 4.78 is 2.03. The van der Waals surface area contributed by atoms with Crippen molar-refractivity contribution in [2.45, 2.75) is 72.8 Å². The van der Waals surface area contributed by atoms with Gasteiger partial charge >= 0.3 is 0 Å². The highest BCUT2D eigenvalue weighted by molar-refractivity contribution is 5.65. The van der Waals surface area contributed by atoms with Crippen LogP contribution < -0.4 is 11.1 Å². The summed E-state index contributed by atoms with van der Waals surface area (Å²) in [7, 11) is 0. The van der Waals surface area contributed by atoms with Crippen LogP contribution in [-0.2, 0) is 0 Å². The molecule has 0 aliphatic heterocycles. The molecule has 0 radical (unpaired) electrons. The zero-order valence-corrected chi connectivity index (χ0v) is 14.4. The molecule has 1 aliphatic carbocycles. The summed E-state index contributed by atoms with van der Waals surface area (Å²) in [6.45, 7) is 12.0. The van der Waals surface area contributed by atoms with Gasteiger partial charge in [-0.25, -0.2) is 4.68 Å². The molecule has 1 heterocycles. The van der Waals surface area contributed by atoms with Gasteiger partial charge in [-0.2, -0.15) is 5.10 Å². The lowest BCUT2D eigenvalue weighted by molar-refractivity contribution is 0.252. The lowest BCUT2D eigenvalue weighted by atomic mass is 9.78. The summed E-state index contributed by atoms with van der Waals surface area (Å²) >= 11 is 0. The summed E-state index contributed by atoms with van der Waals surface area (Å²) in [5.41, 5.74) is 8.40. The fourth-order valence-electron chi connectivity index (χ4n) is 3.83. The molecule has 3 N–H and O–H groups in total. The number of aromatic nitrogens is 2. The van der Waals surface area contributed by atoms with Crippen molar-refractivity contribution in [2.75, 3.05) is 17.6 Å². The number of hydrogen-bond acceptors (Lipinski definition) is 3. The van der Waals surface area contributed by atoms with Crippen LogP contribution in [0.1, 0.15) is 71.5 Å². The molecule has 1 fully saturated rings. The molecule has 1 aromatic rings. The third-order valence-electron chi connectivity index (χ3n) is 4.76. The summed E-state index contributed by atoms with van der Waals surface area (Å²) in [4.78, 5) is 0. The van der Waals surface area contributed by atoms with Crippen molar-refractivity contribution >= 4 is 11.5 Å². The third-order valence-corrected chi connectivity index (χ3v) is 4.76. The van der Waals surface area contributed by atoms with E-state index in [1.165, 1.54) is 32.1 Å². The third kappa shape index (κ3) is 3.53. The van der Waals surface area contributed by atoms with Crippen molar-refractivity contribution in [3.05, 3.63) is 5.69 Å². The van der Waals surface area contributed by atoms with E-state index >= 15 is 0 Å². The zero-order valence-electron chi connectivity index (χ0n) is 14.4. The first-order valence-electron chi connectivity index (χ1n) is 8.43. The molecule has 1 saturated carbocycles. The maximum Gasteiger partial charge on any atom is 0.148 e. The van der Waals surface area contributed by atoms with Crippen LogP contribution in [0.15, 0.2) is 0 Å². The van der Waals surface area contributed by atoms with Gasteiger partial charge in [0.15, 0.2) is 0 Å². The van der Waals surface area contributed by atoms with Crippen molar-refractivity contribution in [3.8, 4) is 0 Å². The zero-order chi connectivity index (χ0) is 15.6. The Morgan fingerprint density at radius 2 is 1.86 bits per heavy atom. The Kier molecular flexibility index (Phi) is 4.84. The Bertz CT molecular complexity index is 467. The van der Waals surface area contributed by atoms with E-state index in [0.29, 0.717) is 11.5 Å². The lowest BCUT2D eigenvalue weighted by Gasteiger charge is -2.32. The Labute approximate surface area is 129 Å². The van der Waals surface area contributed by atoms with Gasteiger partial charge in [0.1, 0.15) is 5.82 Å². The number of nitrogens with one attached hydrogen (secondary N) is 1. The molecule has 2 rings (SSSR count). The van der Waals surface area contributed by atoms with Gasteiger partial charge in [-0.1, -0.05) is 26.7 Å². The molecule has 120 valence electrons. The van der Waals surface area contributed by atoms with Gasteiger partial charge in [0.25, 0.3) is 0 Å². The molecular weight excluding hydrogens is 260 g/mol. The topological polar surface area (TPSA) is 55.9 Å². The second-order valence-electron chi connectivity index (χ2n) is 7.54. The largest absolute Gasteiger partial charge is 0.394 e. The van der Waals surface area contributed by atoms with Crippen LogP contribution in [0.5, 0.6) is 0 Å². The van der Waals surface area contributed by atoms with Gasteiger partial charge < -0.3 is 11.1 Å². The second-order valence-corrected chi connectivity index (χ2v) is 7.54. The minimum absolute atomic E-state index is 0.327. The number of nitrogen functional groups attached to an aromatic ring is 1. The first kappa shape index (κ1) is 16.2. The van der Waals surface area contributed by atoms with Crippen LogP contribution in [0.3, 0.4) is 0 Å². The van der Waals surface area contributed by atoms with Crippen molar-refractivity contribution in [2.24, 2.45) is 11.3 Å². The maximum absolute atomic E-state index is 6.22. The Balaban J connectivity index is 2.14. The summed E-state index contributed by atoms with van der Waals surface area (Å²) in [6.07, 6.45) is 6.72. The van der Waals surface area contributed by atoms with Crippen molar-refractivity contribution in [1.29, 1.82) is 0 Å². The van der Waals surface area contributed by atoms with Crippen LogP contribution >= 0.6 is 0 Å². The van der Waals surface area contributed by atoms with E-state index < -0.39 is 0 Å². The first-order chi connectivity index (χ1) is 9.84. The standard InChI is InChI=1S/C17H32N4/c1-12(2)10-17(8-6-7-9-17)11-19-16-15(18)14(5)20-21(16)13(3)4/h12-13,19H,6-11,18H2,1-5H3. The van der Waals surface area contributed by atoms with Crippen molar-refractivity contribution in [3.63, 3.8) is 0 Å². The maximum atomic E-state index is 6.22. The fourth-order valence-corrected chi connectivity index (χ4v) is 3.83. The number of rotatable bonds is 6. The molecule has 1 aliphatic rings. The predicted molar refractivity (Wildman–Crippen MR) is 90.6 cm³/mol. The SMILES string of the molecule is Cc1nn(C(C)C)c(NCC2(CC(C)C)CCCC2)c1N. The molecule has 0 atom stereocenters. The molecule has 0 spiro atoms. The first-order valence-corrected chi connectivity index (χ1v) is 8.43. The number of aryl methyl sites for hydroxylation is 1. The summed E-state index contributed by atoms with van der Waals surface area (Å²) in [5, 5.41) is 8.22. The average Bonchev–Trinajstić information content (AvgIpc) is 2.94. The van der Waals surface area contributed by atoms with Crippen LogP contribution in [0.4, 0.5) is 11.5 Å². The van der Waals surface area contributed by atoms with Crippen molar-refractivity contribution < 1.29 is 0 Å². The van der Waals surface area contributed by atoms with Gasteiger partial charge in [-0.05, 0) is 51.4 Å². The van der Waals surface area contributed by atoms with E-state index in [4.69, 9.17) is 5.73 Å². The molecule has 1 aromatic heterocycles. The van der Waals surface area contributed by atoms with E-state index in [-0.39, 0.29) is 0 Å². The monoisotopic (exact) mass is 292 g/mol. The Morgan fingerprint density at radius 1 is 1.24 bits per heavy atom. The van der Waals surface area contributed by atoms with Gasteiger partial charge in [0, 0.05) is 12.6 Å². The van der Waals surface area contributed by atoms with E-state index in [9.17, 15) is 0 Å². The van der Waals surface area contributed by atoms with E-state index in [2.05, 4.69) is 38.1 Å². The predicted octanol–water partition coefficient (Wildman–Crippen LogP) is 4.37. The number of hydrogen-bond donors (Lipinski definition) is 2. The average molecular weight is 292 g/mol. The lowest BCUT2D eigenvalue weighted by Crippen LogP contribution is -2.29. The highest BCUT2D eigenvalue weighted by Crippen LogP contribution is 2.43. The molecule has 21 heavy (non-hydrogen) atoms. The number of nitrogens with two attached hydrogens (primary N) is 1. The summed E-state index contributed by atoms with van der Waals surface area (Å²) in [6, 6.07) is 0.327. The summed E-state index contributed by atoms with van der Waals surface area (Å²) in [5.74, 6) is 1.76. The quantitative estimate of drug-likeness (QED) is 0.818. The van der Waals surface area contributed by atoms with Gasteiger partial charge in [0.2, 0.25) is 0 Å². The molecule has 4 heteroatoms. The van der Waals surface area contributed by atoms with Crippen LogP contribution in [0.2, 0.25) is 0 Å². The Hall–Kier alpha value is -1.19. The minimum atomic E-state index is 0.327. The van der Waals surface area contributed by atoms with E-state index in [0.717, 1.165) is 29.7 Å². The van der Waals surface area contributed by atoms with Crippen LogP contribution in [-0.4, -0.2) is 16.3 Å². The van der Waals surface area contributed by atoms with Crippen LogP contribution in [0, 0.1) is 18.3 Å². The molecular formula is C17H32N4. The van der Waals surface area contributed by atoms with Crippen molar-refractivity contribution in [1.82, 2.24) is 9.78 Å². The molecule has 0 unspecified atom stereocenters. The molecule has 0 aromatic carbocycles. The van der Waals surface area contributed by atoms with Gasteiger partial charge in [-0.3, -0.25) is 0 Å². The van der Waals surface area contributed by atoms with Crippen LogP contribution in [0.25, 0.3) is 0 Å². The second kappa shape index (κ2) is 6.29. The molecule has 0 amide bonds. The highest BCUT2D eigenvalue weighted by Gasteiger charge is 2.34. The van der Waals surface area contributed by atoms with E-state index in [1.54, 1.807) is 0 Å². The van der Waals surface area contributed by atoms with Gasteiger partial charge in [-0.15, -0.1) is 0 Å².